The average Bonchev–Trinajstić information content (AvgIpc) is 3.66. The summed E-state index contributed by atoms with van der Waals surface area (Å²) in [5.74, 6) is 0. The van der Waals surface area contributed by atoms with E-state index in [0.717, 1.165) is 55.7 Å². The predicted octanol–water partition coefficient (Wildman–Crippen LogP) is 14.9. The molecule has 1 heterocycles. The normalized spacial score (nSPS) is 11.3. The van der Waals surface area contributed by atoms with Gasteiger partial charge in [0.25, 0.3) is 0 Å². The van der Waals surface area contributed by atoms with Crippen LogP contribution in [-0.2, 0) is 0 Å². The van der Waals surface area contributed by atoms with Crippen molar-refractivity contribution in [1.82, 2.24) is 0 Å². The third-order valence-corrected chi connectivity index (χ3v) is 10.5. The molecule has 1 aromatic heterocycles. The second-order valence-corrected chi connectivity index (χ2v) is 13.7. The van der Waals surface area contributed by atoms with Crippen molar-refractivity contribution < 1.29 is 4.42 Å². The zero-order valence-corrected chi connectivity index (χ0v) is 29.6. The van der Waals surface area contributed by atoms with Crippen molar-refractivity contribution in [1.29, 1.82) is 0 Å². The van der Waals surface area contributed by atoms with Crippen LogP contribution in [-0.4, -0.2) is 0 Å². The van der Waals surface area contributed by atoms with Gasteiger partial charge < -0.3 is 9.32 Å². The van der Waals surface area contributed by atoms with E-state index in [1.807, 2.05) is 0 Å². The van der Waals surface area contributed by atoms with Crippen LogP contribution in [0.15, 0.2) is 217 Å². The van der Waals surface area contributed by atoms with Crippen LogP contribution in [0.1, 0.15) is 0 Å². The number of hydrogen-bond donors (Lipinski definition) is 0. The first kappa shape index (κ1) is 31.6. The van der Waals surface area contributed by atoms with Crippen LogP contribution in [0.25, 0.3) is 77.2 Å². The molecule has 2 heteroatoms. The summed E-state index contributed by atoms with van der Waals surface area (Å²) < 4.78 is 7.10. The maximum absolute atomic E-state index is 7.10. The fourth-order valence-electron chi connectivity index (χ4n) is 7.81. The zero-order chi connectivity index (χ0) is 35.8. The summed E-state index contributed by atoms with van der Waals surface area (Å²) in [5, 5.41) is 4.61. The Hall–Kier alpha value is -7.16. The summed E-state index contributed by atoms with van der Waals surface area (Å²) in [6.07, 6.45) is 0. The molecule has 0 saturated carbocycles. The summed E-state index contributed by atoms with van der Waals surface area (Å²) in [6.45, 7) is 0. The molecule has 0 saturated heterocycles. The van der Waals surface area contributed by atoms with Crippen LogP contribution >= 0.6 is 0 Å². The van der Waals surface area contributed by atoms with Gasteiger partial charge in [0.1, 0.15) is 5.58 Å². The van der Waals surface area contributed by atoms with Gasteiger partial charge in [0.15, 0.2) is 5.58 Å². The van der Waals surface area contributed by atoms with Gasteiger partial charge in [-0.15, -0.1) is 0 Å². The van der Waals surface area contributed by atoms with Crippen molar-refractivity contribution in [3.05, 3.63) is 212 Å². The van der Waals surface area contributed by atoms with Gasteiger partial charge in [0, 0.05) is 27.7 Å². The Morgan fingerprint density at radius 2 is 0.778 bits per heavy atom. The Bertz CT molecular complexity index is 2890. The highest BCUT2D eigenvalue weighted by atomic mass is 16.3. The number of fused-ring (bicyclic) bond motifs is 5. The predicted molar refractivity (Wildman–Crippen MR) is 228 cm³/mol. The first-order chi connectivity index (χ1) is 26.8. The van der Waals surface area contributed by atoms with E-state index in [-0.39, 0.29) is 0 Å². The molecule has 0 aliphatic rings. The third-order valence-electron chi connectivity index (χ3n) is 10.5. The molecule has 0 fully saturated rings. The quantitative estimate of drug-likeness (QED) is 0.166. The summed E-state index contributed by atoms with van der Waals surface area (Å²) in [6, 6.07) is 75.6. The minimum absolute atomic E-state index is 0.854. The lowest BCUT2D eigenvalue weighted by Gasteiger charge is -2.26. The monoisotopic (exact) mass is 689 g/mol. The van der Waals surface area contributed by atoms with Gasteiger partial charge in [-0.1, -0.05) is 170 Å². The fourth-order valence-corrected chi connectivity index (χ4v) is 7.81. The average molecular weight is 690 g/mol. The SMILES string of the molecule is c1ccc(-c2ccc(N(c3ccc(-c4cccc(-c5ccccc5)c4)cc3)c3cccc4c3oc3c(-c5ccccc5)cc5ccccc5c34)cc2)cc1. The van der Waals surface area contributed by atoms with Crippen LogP contribution in [0.3, 0.4) is 0 Å². The van der Waals surface area contributed by atoms with E-state index in [9.17, 15) is 0 Å². The molecule has 0 spiro atoms. The van der Waals surface area contributed by atoms with Crippen molar-refractivity contribution in [3.63, 3.8) is 0 Å². The van der Waals surface area contributed by atoms with Crippen LogP contribution < -0.4 is 4.90 Å². The van der Waals surface area contributed by atoms with Gasteiger partial charge in [-0.2, -0.15) is 0 Å². The summed E-state index contributed by atoms with van der Waals surface area (Å²) in [7, 11) is 0. The number of benzene rings is 9. The van der Waals surface area contributed by atoms with E-state index in [1.54, 1.807) is 0 Å². The molecule has 0 radical (unpaired) electrons. The number of rotatable bonds is 7. The van der Waals surface area contributed by atoms with E-state index in [4.69, 9.17) is 4.42 Å². The second kappa shape index (κ2) is 13.4. The van der Waals surface area contributed by atoms with E-state index < -0.39 is 0 Å². The molecule has 0 amide bonds. The van der Waals surface area contributed by atoms with Crippen molar-refractivity contribution >= 4 is 49.8 Å². The van der Waals surface area contributed by atoms with Crippen LogP contribution in [0.4, 0.5) is 17.1 Å². The van der Waals surface area contributed by atoms with Crippen LogP contribution in [0.2, 0.25) is 0 Å². The van der Waals surface area contributed by atoms with Crippen molar-refractivity contribution in [2.24, 2.45) is 0 Å². The number of furan rings is 1. The van der Waals surface area contributed by atoms with Crippen molar-refractivity contribution in [3.8, 4) is 44.5 Å². The largest absolute Gasteiger partial charge is 0.453 e. The van der Waals surface area contributed by atoms with E-state index in [1.165, 1.54) is 38.6 Å². The second-order valence-electron chi connectivity index (χ2n) is 13.7. The highest BCUT2D eigenvalue weighted by molar-refractivity contribution is 6.24. The van der Waals surface area contributed by atoms with E-state index >= 15 is 0 Å². The molecule has 0 bridgehead atoms. The number of nitrogens with zero attached hydrogens (tertiary/aromatic N) is 1. The summed E-state index contributed by atoms with van der Waals surface area (Å²) in [5.41, 5.74) is 14.2. The van der Waals surface area contributed by atoms with Gasteiger partial charge >= 0.3 is 0 Å². The topological polar surface area (TPSA) is 16.4 Å². The minimum Gasteiger partial charge on any atom is -0.453 e. The molecule has 54 heavy (non-hydrogen) atoms. The molecule has 0 aliphatic heterocycles. The molecule has 2 nitrogen and oxygen atoms in total. The molecule has 0 atom stereocenters. The molecule has 10 aromatic rings. The molecular formula is C52H35NO. The Morgan fingerprint density at radius 1 is 0.315 bits per heavy atom. The summed E-state index contributed by atoms with van der Waals surface area (Å²) in [4.78, 5) is 2.33. The van der Waals surface area contributed by atoms with Gasteiger partial charge in [0.05, 0.1) is 5.69 Å². The van der Waals surface area contributed by atoms with Gasteiger partial charge in [-0.3, -0.25) is 0 Å². The first-order valence-electron chi connectivity index (χ1n) is 18.4. The fraction of sp³-hybridized carbons (Fsp3) is 0. The van der Waals surface area contributed by atoms with Crippen LogP contribution in [0, 0.1) is 0 Å². The van der Waals surface area contributed by atoms with Gasteiger partial charge in [-0.25, -0.2) is 0 Å². The maximum atomic E-state index is 7.10. The standard InChI is InChI=1S/C52H35NO/c1-4-14-36(15-5-1)38-26-30-44(31-27-38)53(45-32-28-39(29-33-45)42-22-12-21-41(34-42)37-16-6-2-7-17-37)49-25-13-24-47-50-46-23-11-10-20-43(46)35-48(52(50)54-51(47)49)40-18-8-3-9-19-40/h1-35H. The van der Waals surface area contributed by atoms with Crippen molar-refractivity contribution in [2.45, 2.75) is 0 Å². The molecule has 9 aromatic carbocycles. The lowest BCUT2D eigenvalue weighted by Crippen LogP contribution is -2.10. The van der Waals surface area contributed by atoms with E-state index in [2.05, 4.69) is 217 Å². The molecule has 10 rings (SSSR count). The molecule has 0 N–H and O–H groups in total. The molecular weight excluding hydrogens is 655 g/mol. The van der Waals surface area contributed by atoms with Crippen molar-refractivity contribution in [2.75, 3.05) is 4.90 Å². The Labute approximate surface area is 314 Å². The highest BCUT2D eigenvalue weighted by Crippen LogP contribution is 2.46. The molecule has 254 valence electrons. The number of para-hydroxylation sites is 1. The maximum Gasteiger partial charge on any atom is 0.159 e. The first-order valence-corrected chi connectivity index (χ1v) is 18.4. The lowest BCUT2D eigenvalue weighted by atomic mass is 9.96. The third kappa shape index (κ3) is 5.62. The van der Waals surface area contributed by atoms with Crippen LogP contribution in [0.5, 0.6) is 0 Å². The van der Waals surface area contributed by atoms with E-state index in [0.29, 0.717) is 0 Å². The molecule has 0 aliphatic carbocycles. The smallest absolute Gasteiger partial charge is 0.159 e. The Morgan fingerprint density at radius 3 is 1.41 bits per heavy atom. The number of hydrogen-bond acceptors (Lipinski definition) is 2. The highest BCUT2D eigenvalue weighted by Gasteiger charge is 2.22. The zero-order valence-electron chi connectivity index (χ0n) is 29.6. The number of anilines is 3. The minimum atomic E-state index is 0.854. The lowest BCUT2D eigenvalue weighted by molar-refractivity contribution is 0.670. The summed E-state index contributed by atoms with van der Waals surface area (Å²) >= 11 is 0. The molecule has 0 unspecified atom stereocenters. The Balaban J connectivity index is 1.15. The Kier molecular flexibility index (Phi) is 7.85. The van der Waals surface area contributed by atoms with Gasteiger partial charge in [-0.05, 0) is 92.2 Å². The van der Waals surface area contributed by atoms with Gasteiger partial charge in [0.2, 0.25) is 0 Å².